The number of benzene rings is 1. The van der Waals surface area contributed by atoms with Gasteiger partial charge in [-0.25, -0.2) is 0 Å². The van der Waals surface area contributed by atoms with Crippen LogP contribution in [-0.4, -0.2) is 48.9 Å². The fourth-order valence-corrected chi connectivity index (χ4v) is 2.76. The van der Waals surface area contributed by atoms with Crippen LogP contribution in [0.4, 0.5) is 0 Å². The highest BCUT2D eigenvalue weighted by atomic mass is 16.5. The van der Waals surface area contributed by atoms with Crippen LogP contribution < -0.4 is 10.5 Å². The standard InChI is InChI=1S/C17H24N2O2/c1-14-7-9-19(17(14)13-20)10-11-21-16-6-2-4-15(12-16)5-3-8-18/h2,4,6,12,14,17,20H,7-11,13,18H2,1H3. The summed E-state index contributed by atoms with van der Waals surface area (Å²) in [5.41, 5.74) is 6.29. The molecule has 2 atom stereocenters. The van der Waals surface area contributed by atoms with Gasteiger partial charge in [0.1, 0.15) is 12.4 Å². The molecule has 2 unspecified atom stereocenters. The first-order valence-electron chi connectivity index (χ1n) is 7.51. The molecule has 0 spiro atoms. The summed E-state index contributed by atoms with van der Waals surface area (Å²) < 4.78 is 5.79. The van der Waals surface area contributed by atoms with Crippen molar-refractivity contribution < 1.29 is 9.84 Å². The lowest BCUT2D eigenvalue weighted by molar-refractivity contribution is 0.123. The Morgan fingerprint density at radius 1 is 1.48 bits per heavy atom. The fraction of sp³-hybridized carbons (Fsp3) is 0.529. The van der Waals surface area contributed by atoms with Gasteiger partial charge in [-0.1, -0.05) is 24.8 Å². The maximum Gasteiger partial charge on any atom is 0.120 e. The minimum atomic E-state index is 0.228. The molecule has 0 radical (unpaired) electrons. The molecule has 2 rings (SSSR count). The van der Waals surface area contributed by atoms with Crippen molar-refractivity contribution in [1.82, 2.24) is 4.90 Å². The smallest absolute Gasteiger partial charge is 0.120 e. The summed E-state index contributed by atoms with van der Waals surface area (Å²) in [4.78, 5) is 2.31. The Morgan fingerprint density at radius 2 is 2.33 bits per heavy atom. The Labute approximate surface area is 126 Å². The van der Waals surface area contributed by atoms with Gasteiger partial charge in [0.15, 0.2) is 0 Å². The molecule has 3 N–H and O–H groups in total. The number of rotatable bonds is 5. The van der Waals surface area contributed by atoms with Crippen molar-refractivity contribution >= 4 is 0 Å². The van der Waals surface area contributed by atoms with Crippen molar-refractivity contribution in [2.45, 2.75) is 19.4 Å². The second-order valence-corrected chi connectivity index (χ2v) is 5.43. The van der Waals surface area contributed by atoms with Crippen molar-refractivity contribution in [3.8, 4) is 17.6 Å². The van der Waals surface area contributed by atoms with Gasteiger partial charge in [-0.3, -0.25) is 4.90 Å². The van der Waals surface area contributed by atoms with Crippen LogP contribution >= 0.6 is 0 Å². The van der Waals surface area contributed by atoms with Crippen LogP contribution in [0.15, 0.2) is 24.3 Å². The molecular formula is C17H24N2O2. The van der Waals surface area contributed by atoms with E-state index in [-0.39, 0.29) is 12.6 Å². The molecule has 1 aliphatic heterocycles. The summed E-state index contributed by atoms with van der Waals surface area (Å²) in [5.74, 6) is 7.22. The zero-order chi connectivity index (χ0) is 15.1. The first kappa shape index (κ1) is 15.8. The third-order valence-corrected chi connectivity index (χ3v) is 4.00. The number of hydrogen-bond donors (Lipinski definition) is 2. The average molecular weight is 288 g/mol. The van der Waals surface area contributed by atoms with E-state index in [9.17, 15) is 5.11 Å². The quantitative estimate of drug-likeness (QED) is 0.796. The molecule has 1 aliphatic rings. The normalized spacial score (nSPS) is 21.9. The topological polar surface area (TPSA) is 58.7 Å². The van der Waals surface area contributed by atoms with Gasteiger partial charge in [-0.15, -0.1) is 0 Å². The lowest BCUT2D eigenvalue weighted by Gasteiger charge is -2.24. The average Bonchev–Trinajstić information content (AvgIpc) is 2.86. The number of nitrogens with two attached hydrogens (primary N) is 1. The van der Waals surface area contributed by atoms with Gasteiger partial charge < -0.3 is 15.6 Å². The van der Waals surface area contributed by atoms with E-state index in [2.05, 4.69) is 23.7 Å². The lowest BCUT2D eigenvalue weighted by Crippen LogP contribution is -2.37. The SMILES string of the molecule is CC1CCN(CCOc2cccc(C#CCN)c2)C1CO. The van der Waals surface area contributed by atoms with E-state index in [1.807, 2.05) is 24.3 Å². The summed E-state index contributed by atoms with van der Waals surface area (Å²) in [6, 6.07) is 8.02. The summed E-state index contributed by atoms with van der Waals surface area (Å²) in [6.07, 6.45) is 1.15. The molecule has 0 saturated carbocycles. The van der Waals surface area contributed by atoms with E-state index >= 15 is 0 Å². The highest BCUT2D eigenvalue weighted by molar-refractivity contribution is 5.39. The molecule has 0 aliphatic carbocycles. The van der Waals surface area contributed by atoms with Crippen LogP contribution in [0.5, 0.6) is 5.75 Å². The summed E-state index contributed by atoms with van der Waals surface area (Å²) >= 11 is 0. The molecule has 4 nitrogen and oxygen atoms in total. The molecule has 21 heavy (non-hydrogen) atoms. The molecule has 1 saturated heterocycles. The molecule has 1 fully saturated rings. The van der Waals surface area contributed by atoms with Gasteiger partial charge in [0.25, 0.3) is 0 Å². The van der Waals surface area contributed by atoms with Crippen LogP contribution in [0.25, 0.3) is 0 Å². The van der Waals surface area contributed by atoms with E-state index in [1.54, 1.807) is 0 Å². The van der Waals surface area contributed by atoms with E-state index in [0.29, 0.717) is 19.1 Å². The Hall–Kier alpha value is -1.54. The molecule has 114 valence electrons. The minimum Gasteiger partial charge on any atom is -0.492 e. The minimum absolute atomic E-state index is 0.228. The molecule has 0 bridgehead atoms. The maximum absolute atomic E-state index is 9.43. The summed E-state index contributed by atoms with van der Waals surface area (Å²) in [5, 5.41) is 9.43. The molecule has 1 aromatic rings. The van der Waals surface area contributed by atoms with E-state index < -0.39 is 0 Å². The third kappa shape index (κ3) is 4.47. The third-order valence-electron chi connectivity index (χ3n) is 4.00. The highest BCUT2D eigenvalue weighted by Gasteiger charge is 2.29. The number of aliphatic hydroxyl groups excluding tert-OH is 1. The van der Waals surface area contributed by atoms with Gasteiger partial charge >= 0.3 is 0 Å². The van der Waals surface area contributed by atoms with Crippen LogP contribution in [-0.2, 0) is 0 Å². The van der Waals surface area contributed by atoms with Gasteiger partial charge in [0, 0.05) is 18.2 Å². The molecule has 4 heteroatoms. The molecule has 0 aromatic heterocycles. The van der Waals surface area contributed by atoms with Crippen molar-refractivity contribution in [3.05, 3.63) is 29.8 Å². The number of hydrogen-bond acceptors (Lipinski definition) is 4. The van der Waals surface area contributed by atoms with Crippen molar-refractivity contribution in [1.29, 1.82) is 0 Å². The first-order chi connectivity index (χ1) is 10.2. The predicted octanol–water partition coefficient (Wildman–Crippen LogP) is 1.08. The van der Waals surface area contributed by atoms with Gasteiger partial charge in [-0.2, -0.15) is 0 Å². The number of nitrogens with zero attached hydrogens (tertiary/aromatic N) is 1. The van der Waals surface area contributed by atoms with Crippen molar-refractivity contribution in [2.24, 2.45) is 11.7 Å². The maximum atomic E-state index is 9.43. The molecular weight excluding hydrogens is 264 g/mol. The van der Waals surface area contributed by atoms with Gasteiger partial charge in [0.2, 0.25) is 0 Å². The fourth-order valence-electron chi connectivity index (χ4n) is 2.76. The van der Waals surface area contributed by atoms with Gasteiger partial charge in [-0.05, 0) is 37.1 Å². The lowest BCUT2D eigenvalue weighted by atomic mass is 10.0. The zero-order valence-electron chi connectivity index (χ0n) is 12.6. The van der Waals surface area contributed by atoms with Crippen molar-refractivity contribution in [3.63, 3.8) is 0 Å². The molecule has 0 amide bonds. The van der Waals surface area contributed by atoms with Crippen LogP contribution in [0, 0.1) is 17.8 Å². The van der Waals surface area contributed by atoms with E-state index in [0.717, 1.165) is 30.8 Å². The first-order valence-corrected chi connectivity index (χ1v) is 7.51. The number of ether oxygens (including phenoxy) is 1. The Bertz CT molecular complexity index is 507. The van der Waals surface area contributed by atoms with E-state index in [4.69, 9.17) is 10.5 Å². The van der Waals surface area contributed by atoms with Crippen molar-refractivity contribution in [2.75, 3.05) is 32.8 Å². The van der Waals surface area contributed by atoms with Crippen LogP contribution in [0.3, 0.4) is 0 Å². The monoisotopic (exact) mass is 288 g/mol. The van der Waals surface area contributed by atoms with Crippen LogP contribution in [0.2, 0.25) is 0 Å². The Balaban J connectivity index is 1.83. The van der Waals surface area contributed by atoms with Crippen LogP contribution in [0.1, 0.15) is 18.9 Å². The Kier molecular flexibility index (Phi) is 6.06. The molecule has 1 heterocycles. The summed E-state index contributed by atoms with van der Waals surface area (Å²) in [6.45, 7) is 5.29. The summed E-state index contributed by atoms with van der Waals surface area (Å²) in [7, 11) is 0. The predicted molar refractivity (Wildman–Crippen MR) is 84.1 cm³/mol. The number of aliphatic hydroxyl groups is 1. The number of likely N-dealkylation sites (tertiary alicyclic amines) is 1. The molecule has 1 aromatic carbocycles. The second kappa shape index (κ2) is 8.04. The highest BCUT2D eigenvalue weighted by Crippen LogP contribution is 2.23. The zero-order valence-corrected chi connectivity index (χ0v) is 12.6. The second-order valence-electron chi connectivity index (χ2n) is 5.43. The van der Waals surface area contributed by atoms with E-state index in [1.165, 1.54) is 0 Å². The van der Waals surface area contributed by atoms with Gasteiger partial charge in [0.05, 0.1) is 13.2 Å². The largest absolute Gasteiger partial charge is 0.492 e. The Morgan fingerprint density at radius 3 is 3.10 bits per heavy atom.